The van der Waals surface area contributed by atoms with Crippen LogP contribution >= 0.6 is 0 Å². The number of carbonyl (C=O) groups is 13. The van der Waals surface area contributed by atoms with E-state index < -0.39 is 138 Å². The van der Waals surface area contributed by atoms with Gasteiger partial charge in [-0.15, -0.1) is 0 Å². The van der Waals surface area contributed by atoms with Crippen LogP contribution in [0.1, 0.15) is 181 Å². The largest absolute Gasteiger partial charge is 0.480 e. The Bertz CT molecular complexity index is 4180. The summed E-state index contributed by atoms with van der Waals surface area (Å²) in [6.07, 6.45) is 18.4. The molecule has 0 unspecified atom stereocenters. The van der Waals surface area contributed by atoms with E-state index in [1.54, 1.807) is 0 Å². The summed E-state index contributed by atoms with van der Waals surface area (Å²) < 4.78 is 0. The Labute approximate surface area is 807 Å². The number of benzene rings is 3. The number of H-pyrrole nitrogens is 3. The number of rotatable bonds is 39. The third-order valence-electron chi connectivity index (χ3n) is 20.0. The van der Waals surface area contributed by atoms with Crippen LogP contribution in [-0.2, 0) is 81.6 Å². The summed E-state index contributed by atoms with van der Waals surface area (Å²) in [6, 6.07) is 14.8. The first-order valence-electron chi connectivity index (χ1n) is 45.2. The molecule has 6 aromatic rings. The van der Waals surface area contributed by atoms with Gasteiger partial charge in [0.15, 0.2) is 11.9 Å². The van der Waals surface area contributed by atoms with Crippen LogP contribution in [0.3, 0.4) is 0 Å². The Balaban J connectivity index is -0.000000715. The highest BCUT2D eigenvalue weighted by Crippen LogP contribution is 2.22. The van der Waals surface area contributed by atoms with Crippen LogP contribution in [0, 0.1) is 34.5 Å². The molecular weight excluding hydrogens is 1820 g/mol. The van der Waals surface area contributed by atoms with Crippen molar-refractivity contribution >= 4 is 122 Å². The summed E-state index contributed by atoms with van der Waals surface area (Å²) in [5.41, 5.74) is 74.1. The standard InChI is InChI=1S/3C11H12N2O2.2C6H14N4O2.C6H14N2O2.4C6H13NO2.3C5H9NO2/c3*12-9(11(14)15)5-7-6-13-10-4-2-1-3-8(7)10;2*7-4(5(11)12)2-1-3-10-6(8)9;7-4-2-1-3-5(8)6(9)10;3*1-4(2)3-5(7)6(8)9;1-3-4(2)5(7)6(8)9;3*7-5(8)4-2-1-3-6-4/h3*1-4,6,9,13H,5,12H2,(H,14,15);2*4H,1-3,7H2,(H,11,12)(H4,8,9,10);5H,1-4,7-8H2,(H,9,10);4*4-5H,3,7H2,1-2H3,(H,8,9);3*4,6H,1-3H2,(H,7,8)/t3*9-;2*4-;4*5-;4-,5-;3*4-/m0000000000000/s1. The van der Waals surface area contributed by atoms with Crippen LogP contribution in [0.4, 0.5) is 0 Å². The van der Waals surface area contributed by atoms with Crippen molar-refractivity contribution in [3.05, 3.63) is 108 Å². The van der Waals surface area contributed by atoms with Gasteiger partial charge >= 0.3 is 77.6 Å². The summed E-state index contributed by atoms with van der Waals surface area (Å²) >= 11 is 0. The van der Waals surface area contributed by atoms with Gasteiger partial charge in [0.05, 0.1) is 0 Å². The number of carboxylic acid groups (broad SMARTS) is 13. The van der Waals surface area contributed by atoms with Crippen molar-refractivity contribution in [3.8, 4) is 0 Å². The molecule has 0 bridgehead atoms. The van der Waals surface area contributed by atoms with Gasteiger partial charge in [-0.1, -0.05) is 123 Å². The molecule has 0 saturated carbocycles. The SMILES string of the molecule is CC(C)C[C@H](N)C(=O)O.CC(C)C[C@H](N)C(=O)O.CC(C)C[C@H](N)C(=O)O.CC[C@H](C)[C@H](N)C(=O)O.N=C(N)NCCC[C@H](N)C(=O)O.N=C(N)NCCC[C@H](N)C(=O)O.NCCCC[C@H](N)C(=O)O.N[C@@H](Cc1c[nH]c2ccccc12)C(=O)O.N[C@@H](Cc1c[nH]c2ccccc12)C(=O)O.N[C@@H](Cc1c[nH]c2ccccc12)C(=O)O.O=C(O)[C@@H]1CCCN1.O=C(O)[C@@H]1CCCN1.O=C(O)[C@@H]1CCCN1. The molecule has 3 aromatic heterocycles. The predicted octanol–water partition coefficient (Wildman–Crippen LogP) is 1.46. The molecule has 3 saturated heterocycles. The molecule has 3 aliphatic heterocycles. The van der Waals surface area contributed by atoms with Gasteiger partial charge in [0.2, 0.25) is 0 Å². The second kappa shape index (κ2) is 76.4. The van der Waals surface area contributed by atoms with E-state index in [1.807, 2.05) is 147 Å². The van der Waals surface area contributed by atoms with E-state index in [9.17, 15) is 62.3 Å². The highest BCUT2D eigenvalue weighted by molar-refractivity contribution is 5.87. The Hall–Kier alpha value is -12.6. The molecule has 3 fully saturated rings. The molecule has 3 aromatic carbocycles. The van der Waals surface area contributed by atoms with Gasteiger partial charge in [-0.25, -0.2) is 0 Å². The summed E-state index contributed by atoms with van der Waals surface area (Å²) in [4.78, 5) is 143. The van der Waals surface area contributed by atoms with Gasteiger partial charge < -0.3 is 182 Å². The van der Waals surface area contributed by atoms with Crippen molar-refractivity contribution in [2.24, 2.45) is 98.2 Å². The van der Waals surface area contributed by atoms with Crippen LogP contribution in [0.2, 0.25) is 0 Å². The number of hydrogen-bond donors (Lipinski definition) is 36. The zero-order valence-electron chi connectivity index (χ0n) is 80.5. The lowest BCUT2D eigenvalue weighted by atomic mass is 10.0. The van der Waals surface area contributed by atoms with Crippen molar-refractivity contribution in [1.82, 2.24) is 41.5 Å². The number of nitrogens with two attached hydrogens (primary N) is 13. The minimum absolute atomic E-state index is 0.0718. The molecule has 0 amide bonds. The Morgan fingerprint density at radius 1 is 0.353 bits per heavy atom. The van der Waals surface area contributed by atoms with E-state index in [0.29, 0.717) is 108 Å². The van der Waals surface area contributed by atoms with Gasteiger partial charge in [0.25, 0.3) is 0 Å². The number of aromatic amines is 3. The molecule has 14 atom stereocenters. The molecule has 0 spiro atoms. The van der Waals surface area contributed by atoms with Gasteiger partial charge in [-0.05, 0) is 181 Å². The molecule has 788 valence electrons. The first kappa shape index (κ1) is 133. The highest BCUT2D eigenvalue weighted by Gasteiger charge is 2.25. The monoisotopic (exact) mass is 1980 g/mol. The maximum atomic E-state index is 10.6. The molecule has 49 N–H and O–H groups in total. The van der Waals surface area contributed by atoms with E-state index in [0.717, 1.165) is 127 Å². The Morgan fingerprint density at radius 3 is 0.755 bits per heavy atom. The summed E-state index contributed by atoms with van der Waals surface area (Å²) in [5, 5.41) is 140. The quantitative estimate of drug-likeness (QED) is 0.0148. The third-order valence-corrected chi connectivity index (χ3v) is 20.0. The van der Waals surface area contributed by atoms with Crippen LogP contribution in [0.5, 0.6) is 0 Å². The van der Waals surface area contributed by atoms with Crippen molar-refractivity contribution in [1.29, 1.82) is 10.8 Å². The molecular formula is C90H157N23O26. The van der Waals surface area contributed by atoms with E-state index in [1.165, 1.54) is 0 Å². The second-order valence-electron chi connectivity index (χ2n) is 33.5. The molecule has 49 heteroatoms. The number of unbranched alkanes of at least 4 members (excludes halogenated alkanes) is 1. The number of hydrogen-bond acceptors (Lipinski definition) is 29. The number of para-hydroxylation sites is 3. The van der Waals surface area contributed by atoms with Crippen LogP contribution in [0.25, 0.3) is 32.7 Å². The van der Waals surface area contributed by atoms with Gasteiger partial charge in [0, 0.05) is 83.7 Å². The fourth-order valence-corrected chi connectivity index (χ4v) is 11.9. The molecule has 3 aliphatic rings. The highest BCUT2D eigenvalue weighted by atomic mass is 16.4. The van der Waals surface area contributed by atoms with Gasteiger partial charge in [0.1, 0.15) is 78.5 Å². The number of carboxylic acids is 13. The van der Waals surface area contributed by atoms with E-state index in [4.69, 9.17) is 152 Å². The maximum Gasteiger partial charge on any atom is 0.320 e. The minimum atomic E-state index is -1.00. The number of aromatic nitrogens is 3. The number of fused-ring (bicyclic) bond motifs is 3. The predicted molar refractivity (Wildman–Crippen MR) is 527 cm³/mol. The van der Waals surface area contributed by atoms with E-state index in [2.05, 4.69) is 41.5 Å². The van der Waals surface area contributed by atoms with E-state index in [-0.39, 0.29) is 36.0 Å². The summed E-state index contributed by atoms with van der Waals surface area (Å²) in [7, 11) is 0. The minimum Gasteiger partial charge on any atom is -0.480 e. The lowest BCUT2D eigenvalue weighted by Crippen LogP contribution is -2.36. The number of aliphatic carboxylic acids is 13. The molecule has 0 aliphatic carbocycles. The molecule has 0 radical (unpaired) electrons. The van der Waals surface area contributed by atoms with Crippen LogP contribution in [-0.4, -0.2) is 289 Å². The Morgan fingerprint density at radius 2 is 0.590 bits per heavy atom. The first-order chi connectivity index (χ1) is 64.9. The average Bonchev–Trinajstić information content (AvgIpc) is 1.70. The molecule has 9 rings (SSSR count). The first-order valence-corrected chi connectivity index (χ1v) is 45.2. The lowest BCUT2D eigenvalue weighted by molar-refractivity contribution is -0.140. The summed E-state index contributed by atoms with van der Waals surface area (Å²) in [6.45, 7) is 19.6. The number of guanidine groups is 2. The second-order valence-corrected chi connectivity index (χ2v) is 33.5. The van der Waals surface area contributed by atoms with Crippen molar-refractivity contribution in [3.63, 3.8) is 0 Å². The van der Waals surface area contributed by atoms with Crippen molar-refractivity contribution < 1.29 is 129 Å². The van der Waals surface area contributed by atoms with Crippen LogP contribution < -0.4 is 101 Å². The molecule has 139 heavy (non-hydrogen) atoms. The normalized spacial score (nSPS) is 15.8. The fourth-order valence-electron chi connectivity index (χ4n) is 11.9. The Kier molecular flexibility index (Phi) is 72.9. The van der Waals surface area contributed by atoms with Gasteiger partial charge in [-0.2, -0.15) is 0 Å². The smallest absolute Gasteiger partial charge is 0.320 e. The topological polar surface area (TPSA) is 978 Å². The molecule has 6 heterocycles. The summed E-state index contributed by atoms with van der Waals surface area (Å²) in [5.74, 6) is -10.7. The van der Waals surface area contributed by atoms with Crippen molar-refractivity contribution in [2.75, 3.05) is 39.3 Å². The fraction of sp³-hybridized carbons (Fsp3) is 0.567. The third kappa shape index (κ3) is 66.5. The van der Waals surface area contributed by atoms with E-state index >= 15 is 0 Å². The van der Waals surface area contributed by atoms with Gasteiger partial charge in [-0.3, -0.25) is 73.1 Å². The van der Waals surface area contributed by atoms with Crippen molar-refractivity contribution in [2.45, 2.75) is 262 Å². The molecule has 49 nitrogen and oxygen atoms in total. The number of nitrogens with one attached hydrogen (secondary N) is 10. The maximum absolute atomic E-state index is 10.6. The average molecular weight is 1980 g/mol. The zero-order chi connectivity index (χ0) is 107. The zero-order valence-corrected chi connectivity index (χ0v) is 80.5. The van der Waals surface area contributed by atoms with Crippen LogP contribution in [0.15, 0.2) is 91.4 Å². The lowest BCUT2D eigenvalue weighted by Gasteiger charge is -2.11.